The van der Waals surface area contributed by atoms with E-state index in [-0.39, 0.29) is 5.91 Å². The van der Waals surface area contributed by atoms with Crippen molar-refractivity contribution in [1.29, 1.82) is 0 Å². The Morgan fingerprint density at radius 2 is 1.86 bits per heavy atom. The molecule has 0 aliphatic rings. The van der Waals surface area contributed by atoms with Crippen LogP contribution in [0.3, 0.4) is 0 Å². The molecule has 0 spiro atoms. The molecule has 144 valence electrons. The van der Waals surface area contributed by atoms with E-state index in [0.29, 0.717) is 30.1 Å². The number of amides is 1. The van der Waals surface area contributed by atoms with Gasteiger partial charge in [-0.2, -0.15) is 0 Å². The maximum Gasteiger partial charge on any atom is 0.253 e. The second kappa shape index (κ2) is 9.41. The van der Waals surface area contributed by atoms with E-state index in [1.807, 2.05) is 37.3 Å². The average molecular weight is 377 g/mol. The van der Waals surface area contributed by atoms with Gasteiger partial charge < -0.3 is 25.2 Å². The summed E-state index contributed by atoms with van der Waals surface area (Å²) in [5, 5.41) is 9.19. The van der Waals surface area contributed by atoms with Crippen molar-refractivity contribution in [3.8, 4) is 0 Å². The second-order valence-electron chi connectivity index (χ2n) is 6.44. The monoisotopic (exact) mass is 377 g/mol. The smallest absolute Gasteiger partial charge is 0.253 e. The van der Waals surface area contributed by atoms with Crippen LogP contribution >= 0.6 is 0 Å². The number of furan rings is 1. The van der Waals surface area contributed by atoms with Crippen molar-refractivity contribution in [2.75, 3.05) is 17.2 Å². The van der Waals surface area contributed by atoms with Gasteiger partial charge in [0.05, 0.1) is 24.4 Å². The van der Waals surface area contributed by atoms with Crippen LogP contribution in [0.25, 0.3) is 0 Å². The Labute approximate surface area is 164 Å². The zero-order valence-electron chi connectivity index (χ0n) is 15.6. The topological polar surface area (TPSA) is 83.4 Å². The Morgan fingerprint density at radius 1 is 1.07 bits per heavy atom. The van der Waals surface area contributed by atoms with Gasteiger partial charge in [-0.15, -0.1) is 0 Å². The van der Waals surface area contributed by atoms with Gasteiger partial charge in [0.2, 0.25) is 0 Å². The summed E-state index contributed by atoms with van der Waals surface area (Å²) in [7, 11) is 0. The molecule has 0 aliphatic heterocycles. The molecule has 1 atom stereocenters. The number of benzene rings is 2. The van der Waals surface area contributed by atoms with E-state index < -0.39 is 6.04 Å². The molecule has 0 saturated heterocycles. The molecule has 1 aromatic heterocycles. The summed E-state index contributed by atoms with van der Waals surface area (Å²) in [5.74, 6) is 0.433. The van der Waals surface area contributed by atoms with Gasteiger partial charge in [-0.3, -0.25) is 4.79 Å². The van der Waals surface area contributed by atoms with E-state index in [1.54, 1.807) is 36.6 Å². The van der Waals surface area contributed by atoms with E-state index in [1.165, 1.54) is 5.56 Å². The van der Waals surface area contributed by atoms with Gasteiger partial charge in [-0.1, -0.05) is 29.8 Å². The molecule has 1 heterocycles. The minimum Gasteiger partial charge on any atom is -0.467 e. The Balaban J connectivity index is 1.62. The number of nitrogens with one attached hydrogen (secondary N) is 3. The van der Waals surface area contributed by atoms with Crippen molar-refractivity contribution in [1.82, 2.24) is 5.32 Å². The number of carbonyl (C=O) groups is 2. The summed E-state index contributed by atoms with van der Waals surface area (Å²) in [4.78, 5) is 24.1. The van der Waals surface area contributed by atoms with Crippen molar-refractivity contribution in [2.45, 2.75) is 19.5 Å². The minimum atomic E-state index is -0.486. The van der Waals surface area contributed by atoms with Gasteiger partial charge >= 0.3 is 0 Å². The van der Waals surface area contributed by atoms with Gasteiger partial charge in [0, 0.05) is 17.9 Å². The Morgan fingerprint density at radius 3 is 2.57 bits per heavy atom. The van der Waals surface area contributed by atoms with Crippen LogP contribution in [-0.4, -0.2) is 24.8 Å². The highest BCUT2D eigenvalue weighted by molar-refractivity contribution is 5.99. The third kappa shape index (κ3) is 5.23. The molecule has 6 nitrogen and oxygen atoms in total. The third-order valence-corrected chi connectivity index (χ3v) is 4.26. The van der Waals surface area contributed by atoms with Crippen LogP contribution in [0.2, 0.25) is 0 Å². The Bertz CT molecular complexity index is 905. The van der Waals surface area contributed by atoms with E-state index in [4.69, 9.17) is 4.42 Å². The van der Waals surface area contributed by atoms with Crippen molar-refractivity contribution in [2.24, 2.45) is 0 Å². The minimum absolute atomic E-state index is 0.240. The molecule has 2 aromatic carbocycles. The predicted molar refractivity (Wildman–Crippen MR) is 109 cm³/mol. The highest BCUT2D eigenvalue weighted by Crippen LogP contribution is 2.17. The second-order valence-corrected chi connectivity index (χ2v) is 6.44. The average Bonchev–Trinajstić information content (AvgIpc) is 3.24. The lowest BCUT2D eigenvalue weighted by molar-refractivity contribution is -0.108. The summed E-state index contributed by atoms with van der Waals surface area (Å²) in [6.45, 7) is 2.72. The maximum atomic E-state index is 12.5. The number of rotatable bonds is 9. The van der Waals surface area contributed by atoms with Gasteiger partial charge in [-0.05, 0) is 43.3 Å². The largest absolute Gasteiger partial charge is 0.467 e. The van der Waals surface area contributed by atoms with E-state index in [2.05, 4.69) is 16.0 Å². The highest BCUT2D eigenvalue weighted by Gasteiger charge is 2.14. The lowest BCUT2D eigenvalue weighted by Gasteiger charge is -2.18. The molecule has 0 saturated carbocycles. The zero-order chi connectivity index (χ0) is 19.8. The maximum absolute atomic E-state index is 12.5. The van der Waals surface area contributed by atoms with Gasteiger partial charge in [0.25, 0.3) is 5.91 Å². The van der Waals surface area contributed by atoms with Crippen LogP contribution in [-0.2, 0) is 11.3 Å². The fourth-order valence-electron chi connectivity index (χ4n) is 2.71. The van der Waals surface area contributed by atoms with Crippen LogP contribution in [0, 0.1) is 6.92 Å². The molecule has 3 aromatic rings. The fourth-order valence-corrected chi connectivity index (χ4v) is 2.71. The predicted octanol–water partition coefficient (Wildman–Crippen LogP) is 3.61. The van der Waals surface area contributed by atoms with Crippen molar-refractivity contribution >= 4 is 23.6 Å². The molecule has 6 heteroatoms. The lowest BCUT2D eigenvalue weighted by Crippen LogP contribution is -2.31. The number of carbonyl (C=O) groups excluding carboxylic acids is 2. The summed E-state index contributed by atoms with van der Waals surface area (Å²) in [5.41, 5.74) is 3.17. The lowest BCUT2D eigenvalue weighted by atomic mass is 10.1. The SMILES string of the molecule is Cc1ccc(NCC(C=O)Nc2ccccc2C(=O)NCc2ccco2)cc1. The molecule has 3 rings (SSSR count). The van der Waals surface area contributed by atoms with Crippen LogP contribution in [0.4, 0.5) is 11.4 Å². The van der Waals surface area contributed by atoms with Crippen LogP contribution in [0.5, 0.6) is 0 Å². The summed E-state index contributed by atoms with van der Waals surface area (Å²) in [6.07, 6.45) is 2.39. The third-order valence-electron chi connectivity index (χ3n) is 4.26. The molecule has 0 bridgehead atoms. The molecule has 0 aliphatic carbocycles. The number of aryl methyl sites for hydroxylation is 1. The van der Waals surface area contributed by atoms with E-state index in [0.717, 1.165) is 12.0 Å². The Hall–Kier alpha value is -3.54. The first kappa shape index (κ1) is 19.2. The number of hydrogen-bond acceptors (Lipinski definition) is 5. The first-order valence-electron chi connectivity index (χ1n) is 9.07. The summed E-state index contributed by atoms with van der Waals surface area (Å²) in [6, 6.07) is 18.1. The van der Waals surface area contributed by atoms with Crippen molar-refractivity contribution in [3.05, 3.63) is 83.8 Å². The molecular weight excluding hydrogens is 354 g/mol. The van der Waals surface area contributed by atoms with Crippen LogP contribution in [0.15, 0.2) is 71.3 Å². The molecular formula is C22H23N3O3. The first-order chi connectivity index (χ1) is 13.7. The normalized spacial score (nSPS) is 11.5. The Kier molecular flexibility index (Phi) is 6.46. The van der Waals surface area contributed by atoms with Crippen molar-refractivity contribution < 1.29 is 14.0 Å². The summed E-state index contributed by atoms with van der Waals surface area (Å²) >= 11 is 0. The van der Waals surface area contributed by atoms with Crippen molar-refractivity contribution in [3.63, 3.8) is 0 Å². The number of para-hydroxylation sites is 1. The van der Waals surface area contributed by atoms with E-state index >= 15 is 0 Å². The zero-order valence-corrected chi connectivity index (χ0v) is 15.6. The fraction of sp³-hybridized carbons (Fsp3) is 0.182. The highest BCUT2D eigenvalue weighted by atomic mass is 16.3. The quantitative estimate of drug-likeness (QED) is 0.496. The molecule has 0 radical (unpaired) electrons. The molecule has 3 N–H and O–H groups in total. The van der Waals surface area contributed by atoms with Crippen LogP contribution in [0.1, 0.15) is 21.7 Å². The van der Waals surface area contributed by atoms with Gasteiger partial charge in [0.1, 0.15) is 12.0 Å². The van der Waals surface area contributed by atoms with Gasteiger partial charge in [0.15, 0.2) is 0 Å². The number of anilines is 2. The molecule has 1 unspecified atom stereocenters. The molecule has 1 amide bonds. The number of aldehydes is 1. The summed E-state index contributed by atoms with van der Waals surface area (Å²) < 4.78 is 5.23. The van der Waals surface area contributed by atoms with Gasteiger partial charge in [-0.25, -0.2) is 0 Å². The standard InChI is InChI=1S/C22H23N3O3/c1-16-8-10-17(11-9-16)23-13-18(15-26)25-21-7-3-2-6-20(21)22(27)24-14-19-5-4-12-28-19/h2-12,15,18,23,25H,13-14H2,1H3,(H,24,27). The molecule has 28 heavy (non-hydrogen) atoms. The first-order valence-corrected chi connectivity index (χ1v) is 9.07. The number of hydrogen-bond donors (Lipinski definition) is 3. The van der Waals surface area contributed by atoms with Crippen LogP contribution < -0.4 is 16.0 Å². The molecule has 0 fully saturated rings. The van der Waals surface area contributed by atoms with E-state index in [9.17, 15) is 9.59 Å².